The summed E-state index contributed by atoms with van der Waals surface area (Å²) in [6, 6.07) is 15.1. The van der Waals surface area contributed by atoms with Gasteiger partial charge in [0.1, 0.15) is 5.75 Å². The third kappa shape index (κ3) is 5.00. The van der Waals surface area contributed by atoms with E-state index in [9.17, 15) is 4.79 Å². The molecular weight excluding hydrogens is 334 g/mol. The molecule has 2 aromatic carbocycles. The SMILES string of the molecule is CCOc1ccc(NC(=O)c2ccccc2SC[C@@H]2CCCO2)cc1. The van der Waals surface area contributed by atoms with Crippen molar-refractivity contribution in [3.63, 3.8) is 0 Å². The molecule has 0 unspecified atom stereocenters. The number of anilines is 1. The van der Waals surface area contributed by atoms with E-state index in [4.69, 9.17) is 9.47 Å². The number of hydrogen-bond acceptors (Lipinski definition) is 4. The molecule has 1 N–H and O–H groups in total. The van der Waals surface area contributed by atoms with Gasteiger partial charge in [0, 0.05) is 22.9 Å². The first-order valence-electron chi connectivity index (χ1n) is 8.64. The van der Waals surface area contributed by atoms with E-state index >= 15 is 0 Å². The first-order chi connectivity index (χ1) is 12.3. The lowest BCUT2D eigenvalue weighted by molar-refractivity contribution is 0.102. The maximum absolute atomic E-state index is 12.7. The number of benzene rings is 2. The van der Waals surface area contributed by atoms with Crippen LogP contribution in [-0.2, 0) is 4.74 Å². The number of amides is 1. The Balaban J connectivity index is 1.64. The molecular formula is C20H23NO3S. The molecule has 0 saturated carbocycles. The monoisotopic (exact) mass is 357 g/mol. The zero-order chi connectivity index (χ0) is 17.5. The summed E-state index contributed by atoms with van der Waals surface area (Å²) in [4.78, 5) is 13.6. The van der Waals surface area contributed by atoms with E-state index in [0.717, 1.165) is 41.5 Å². The Labute approximate surface area is 152 Å². The number of ether oxygens (including phenoxy) is 2. The summed E-state index contributed by atoms with van der Waals surface area (Å²) < 4.78 is 11.1. The molecule has 5 heteroatoms. The van der Waals surface area contributed by atoms with Gasteiger partial charge in [-0.2, -0.15) is 0 Å². The highest BCUT2D eigenvalue weighted by atomic mass is 32.2. The molecule has 4 nitrogen and oxygen atoms in total. The fraction of sp³-hybridized carbons (Fsp3) is 0.350. The molecule has 132 valence electrons. The first-order valence-corrected chi connectivity index (χ1v) is 9.62. The number of carbonyl (C=O) groups excluding carboxylic acids is 1. The third-order valence-electron chi connectivity index (χ3n) is 4.00. The van der Waals surface area contributed by atoms with Gasteiger partial charge in [0.2, 0.25) is 0 Å². The smallest absolute Gasteiger partial charge is 0.256 e. The highest BCUT2D eigenvalue weighted by Gasteiger charge is 2.18. The maximum Gasteiger partial charge on any atom is 0.256 e. The molecule has 0 aliphatic carbocycles. The van der Waals surface area contributed by atoms with Gasteiger partial charge in [0.05, 0.1) is 18.3 Å². The topological polar surface area (TPSA) is 47.6 Å². The molecule has 0 spiro atoms. The van der Waals surface area contributed by atoms with E-state index in [0.29, 0.717) is 18.3 Å². The van der Waals surface area contributed by atoms with Crippen LogP contribution in [0.25, 0.3) is 0 Å². The highest BCUT2D eigenvalue weighted by molar-refractivity contribution is 7.99. The standard InChI is InChI=1S/C20H23NO3S/c1-2-23-16-11-9-15(10-12-16)21-20(22)18-7-3-4-8-19(18)25-14-17-6-5-13-24-17/h3-4,7-12,17H,2,5-6,13-14H2,1H3,(H,21,22)/t17-/m0/s1. The van der Waals surface area contributed by atoms with Gasteiger partial charge in [-0.05, 0) is 56.2 Å². The van der Waals surface area contributed by atoms with Gasteiger partial charge in [-0.15, -0.1) is 11.8 Å². The maximum atomic E-state index is 12.7. The van der Waals surface area contributed by atoms with Gasteiger partial charge in [0.15, 0.2) is 0 Å². The summed E-state index contributed by atoms with van der Waals surface area (Å²) in [5.41, 5.74) is 1.45. The van der Waals surface area contributed by atoms with Crippen molar-refractivity contribution in [2.75, 3.05) is 24.3 Å². The first kappa shape index (κ1) is 17.8. The molecule has 1 aliphatic heterocycles. The van der Waals surface area contributed by atoms with Gasteiger partial charge >= 0.3 is 0 Å². The average Bonchev–Trinajstić information content (AvgIpc) is 3.16. The molecule has 3 rings (SSSR count). The quantitative estimate of drug-likeness (QED) is 0.735. The van der Waals surface area contributed by atoms with Crippen molar-refractivity contribution < 1.29 is 14.3 Å². The van der Waals surface area contributed by atoms with E-state index in [-0.39, 0.29) is 5.91 Å². The fourth-order valence-corrected chi connectivity index (χ4v) is 3.86. The van der Waals surface area contributed by atoms with E-state index in [1.807, 2.05) is 55.5 Å². The Hall–Kier alpha value is -1.98. The fourth-order valence-electron chi connectivity index (χ4n) is 2.74. The van der Waals surface area contributed by atoms with Crippen LogP contribution in [0.2, 0.25) is 0 Å². The van der Waals surface area contributed by atoms with Gasteiger partial charge in [-0.3, -0.25) is 4.79 Å². The summed E-state index contributed by atoms with van der Waals surface area (Å²) >= 11 is 1.69. The van der Waals surface area contributed by atoms with Crippen LogP contribution in [-0.4, -0.2) is 31.0 Å². The highest BCUT2D eigenvalue weighted by Crippen LogP contribution is 2.27. The van der Waals surface area contributed by atoms with E-state index in [2.05, 4.69) is 5.32 Å². The lowest BCUT2D eigenvalue weighted by atomic mass is 10.2. The molecule has 1 saturated heterocycles. The van der Waals surface area contributed by atoms with Crippen LogP contribution in [0.15, 0.2) is 53.4 Å². The Morgan fingerprint density at radius 1 is 1.24 bits per heavy atom. The third-order valence-corrected chi connectivity index (χ3v) is 5.21. The molecule has 2 aromatic rings. The zero-order valence-corrected chi connectivity index (χ0v) is 15.2. The van der Waals surface area contributed by atoms with Gasteiger partial charge < -0.3 is 14.8 Å². The van der Waals surface area contributed by atoms with Crippen molar-refractivity contribution in [2.24, 2.45) is 0 Å². The Morgan fingerprint density at radius 3 is 2.76 bits per heavy atom. The molecule has 0 bridgehead atoms. The van der Waals surface area contributed by atoms with Crippen LogP contribution in [0, 0.1) is 0 Å². The van der Waals surface area contributed by atoms with Crippen molar-refractivity contribution in [3.8, 4) is 5.75 Å². The normalized spacial score (nSPS) is 16.6. The minimum absolute atomic E-state index is 0.0976. The van der Waals surface area contributed by atoms with Crippen molar-refractivity contribution >= 4 is 23.4 Å². The molecule has 0 radical (unpaired) electrons. The largest absolute Gasteiger partial charge is 0.494 e. The number of hydrogen-bond donors (Lipinski definition) is 1. The number of rotatable bonds is 7. The minimum atomic E-state index is -0.0976. The van der Waals surface area contributed by atoms with Crippen LogP contribution in [0.4, 0.5) is 5.69 Å². The second-order valence-electron chi connectivity index (χ2n) is 5.85. The van der Waals surface area contributed by atoms with E-state index in [1.165, 1.54) is 0 Å². The lowest BCUT2D eigenvalue weighted by Gasteiger charge is -2.12. The second-order valence-corrected chi connectivity index (χ2v) is 6.92. The van der Waals surface area contributed by atoms with E-state index < -0.39 is 0 Å². The van der Waals surface area contributed by atoms with Crippen molar-refractivity contribution in [1.82, 2.24) is 0 Å². The summed E-state index contributed by atoms with van der Waals surface area (Å²) in [5.74, 6) is 1.58. The second kappa shape index (κ2) is 8.92. The Kier molecular flexibility index (Phi) is 6.36. The summed E-state index contributed by atoms with van der Waals surface area (Å²) in [7, 11) is 0. The molecule has 1 aliphatic rings. The zero-order valence-electron chi connectivity index (χ0n) is 14.4. The summed E-state index contributed by atoms with van der Waals surface area (Å²) in [6.07, 6.45) is 2.53. The molecule has 0 aromatic heterocycles. The molecule has 25 heavy (non-hydrogen) atoms. The Morgan fingerprint density at radius 2 is 2.04 bits per heavy atom. The summed E-state index contributed by atoms with van der Waals surface area (Å²) in [5, 5.41) is 2.96. The number of thioether (sulfide) groups is 1. The number of nitrogens with one attached hydrogen (secondary N) is 1. The number of carbonyl (C=O) groups is 1. The molecule has 1 fully saturated rings. The average molecular weight is 357 g/mol. The van der Waals surface area contributed by atoms with Gasteiger partial charge in [0.25, 0.3) is 5.91 Å². The van der Waals surface area contributed by atoms with Crippen LogP contribution < -0.4 is 10.1 Å². The van der Waals surface area contributed by atoms with Crippen LogP contribution in [0.1, 0.15) is 30.1 Å². The van der Waals surface area contributed by atoms with E-state index in [1.54, 1.807) is 11.8 Å². The van der Waals surface area contributed by atoms with Crippen molar-refractivity contribution in [1.29, 1.82) is 0 Å². The van der Waals surface area contributed by atoms with Crippen LogP contribution >= 0.6 is 11.8 Å². The minimum Gasteiger partial charge on any atom is -0.494 e. The van der Waals surface area contributed by atoms with Gasteiger partial charge in [-0.25, -0.2) is 0 Å². The van der Waals surface area contributed by atoms with Crippen molar-refractivity contribution in [2.45, 2.75) is 30.8 Å². The predicted molar refractivity (Wildman–Crippen MR) is 102 cm³/mol. The van der Waals surface area contributed by atoms with Gasteiger partial charge in [-0.1, -0.05) is 12.1 Å². The summed E-state index contributed by atoms with van der Waals surface area (Å²) in [6.45, 7) is 3.42. The van der Waals surface area contributed by atoms with Crippen LogP contribution in [0.5, 0.6) is 5.75 Å². The van der Waals surface area contributed by atoms with Crippen molar-refractivity contribution in [3.05, 3.63) is 54.1 Å². The molecule has 1 amide bonds. The van der Waals surface area contributed by atoms with Crippen LogP contribution in [0.3, 0.4) is 0 Å². The lowest BCUT2D eigenvalue weighted by Crippen LogP contribution is -2.14. The molecule has 1 atom stereocenters. The predicted octanol–water partition coefficient (Wildman–Crippen LogP) is 4.61. The Bertz CT molecular complexity index is 696. The molecule has 1 heterocycles.